The third-order valence-electron chi connectivity index (χ3n) is 1.72. The van der Waals surface area contributed by atoms with Gasteiger partial charge in [-0.3, -0.25) is 0 Å². The number of hydrogen-bond acceptors (Lipinski definition) is 2. The molecule has 72 valence electrons. The number of quaternary nitrogens is 1. The molecule has 3 heteroatoms. The van der Waals surface area contributed by atoms with Gasteiger partial charge in [0.25, 0.3) is 0 Å². The van der Waals surface area contributed by atoms with Crippen molar-refractivity contribution in [2.24, 2.45) is 0 Å². The van der Waals surface area contributed by atoms with E-state index < -0.39 is 0 Å². The first-order chi connectivity index (χ1) is 6.38. The molecule has 0 fully saturated rings. The normalized spacial score (nSPS) is 9.69. The van der Waals surface area contributed by atoms with Crippen molar-refractivity contribution in [2.45, 2.75) is 6.42 Å². The Kier molecular flexibility index (Phi) is 4.12. The molecule has 0 spiro atoms. The lowest BCUT2D eigenvalue weighted by molar-refractivity contribution is -0.368. The smallest absolute Gasteiger partial charge is 0.161 e. The Morgan fingerprint density at radius 2 is 1.92 bits per heavy atom. The van der Waals surface area contributed by atoms with E-state index in [-0.39, 0.29) is 0 Å². The minimum absolute atomic E-state index is 0.698. The van der Waals surface area contributed by atoms with E-state index in [1.165, 1.54) is 0 Å². The highest BCUT2D eigenvalue weighted by molar-refractivity contribution is 5.39. The third kappa shape index (κ3) is 2.95. The topological polar surface area (TPSA) is 46.1 Å². The standard InChI is InChI=1S/C10H15NO2/c1-12-9-5-2-3-6-10(9)13-8-4-7-11/h2-3,5-6H,4,7-8,11H2,1H3/p+1. The Morgan fingerprint density at radius 3 is 2.54 bits per heavy atom. The summed E-state index contributed by atoms with van der Waals surface area (Å²) in [4.78, 5) is 0. The lowest BCUT2D eigenvalue weighted by Crippen LogP contribution is -2.50. The molecule has 1 aromatic rings. The molecule has 0 aliphatic carbocycles. The lowest BCUT2D eigenvalue weighted by Gasteiger charge is -2.08. The molecule has 0 amide bonds. The van der Waals surface area contributed by atoms with Gasteiger partial charge in [0.1, 0.15) is 0 Å². The molecule has 0 radical (unpaired) electrons. The summed E-state index contributed by atoms with van der Waals surface area (Å²) in [6.45, 7) is 1.60. The Hall–Kier alpha value is -1.22. The molecule has 1 rings (SSSR count). The number of ether oxygens (including phenoxy) is 2. The zero-order valence-electron chi connectivity index (χ0n) is 7.95. The highest BCUT2D eigenvalue weighted by atomic mass is 16.5. The number of methoxy groups -OCH3 is 1. The molecule has 0 saturated heterocycles. The molecule has 0 aliphatic heterocycles. The number of para-hydroxylation sites is 2. The highest BCUT2D eigenvalue weighted by Crippen LogP contribution is 2.25. The molecular weight excluding hydrogens is 166 g/mol. The van der Waals surface area contributed by atoms with Gasteiger partial charge in [0.2, 0.25) is 0 Å². The molecule has 0 atom stereocenters. The van der Waals surface area contributed by atoms with Crippen molar-refractivity contribution in [2.75, 3.05) is 20.3 Å². The summed E-state index contributed by atoms with van der Waals surface area (Å²) in [5.41, 5.74) is 3.75. The fourth-order valence-corrected chi connectivity index (χ4v) is 1.02. The van der Waals surface area contributed by atoms with Crippen LogP contribution in [0.3, 0.4) is 0 Å². The third-order valence-corrected chi connectivity index (χ3v) is 1.72. The van der Waals surface area contributed by atoms with Gasteiger partial charge < -0.3 is 15.2 Å². The molecule has 0 aromatic heterocycles. The summed E-state index contributed by atoms with van der Waals surface area (Å²) in [5.74, 6) is 1.59. The monoisotopic (exact) mass is 182 g/mol. The van der Waals surface area contributed by atoms with Crippen molar-refractivity contribution in [3.63, 3.8) is 0 Å². The zero-order valence-corrected chi connectivity index (χ0v) is 7.95. The van der Waals surface area contributed by atoms with E-state index >= 15 is 0 Å². The van der Waals surface area contributed by atoms with E-state index in [4.69, 9.17) is 9.47 Å². The first-order valence-electron chi connectivity index (χ1n) is 4.43. The molecular formula is C10H16NO2+. The van der Waals surface area contributed by atoms with Crippen LogP contribution in [-0.4, -0.2) is 20.3 Å². The molecule has 0 unspecified atom stereocenters. The summed E-state index contributed by atoms with van der Waals surface area (Å²) >= 11 is 0. The molecule has 1 aromatic carbocycles. The second-order valence-electron chi connectivity index (χ2n) is 2.71. The van der Waals surface area contributed by atoms with Crippen LogP contribution in [0.2, 0.25) is 0 Å². The predicted molar refractivity (Wildman–Crippen MR) is 50.9 cm³/mol. The molecule has 0 bridgehead atoms. The fourth-order valence-electron chi connectivity index (χ4n) is 1.02. The van der Waals surface area contributed by atoms with Crippen LogP contribution in [0, 0.1) is 0 Å². The first kappa shape index (κ1) is 9.86. The second kappa shape index (κ2) is 5.43. The molecule has 3 nitrogen and oxygen atoms in total. The Morgan fingerprint density at radius 1 is 1.23 bits per heavy atom. The van der Waals surface area contributed by atoms with Gasteiger partial charge in [-0.2, -0.15) is 0 Å². The number of hydrogen-bond donors (Lipinski definition) is 1. The number of rotatable bonds is 5. The maximum atomic E-state index is 5.50. The Bertz CT molecular complexity index is 250. The second-order valence-corrected chi connectivity index (χ2v) is 2.71. The van der Waals surface area contributed by atoms with Gasteiger partial charge in [0.05, 0.1) is 20.3 Å². The van der Waals surface area contributed by atoms with E-state index in [0.29, 0.717) is 6.61 Å². The highest BCUT2D eigenvalue weighted by Gasteiger charge is 2.00. The van der Waals surface area contributed by atoms with Gasteiger partial charge >= 0.3 is 0 Å². The van der Waals surface area contributed by atoms with Crippen LogP contribution in [0.5, 0.6) is 11.5 Å². The van der Waals surface area contributed by atoms with Gasteiger partial charge in [0, 0.05) is 6.42 Å². The Balaban J connectivity index is 2.54. The van der Waals surface area contributed by atoms with Crippen LogP contribution >= 0.6 is 0 Å². The first-order valence-corrected chi connectivity index (χ1v) is 4.43. The van der Waals surface area contributed by atoms with E-state index in [0.717, 1.165) is 24.5 Å². The SMILES string of the molecule is COc1ccccc1OCCC[NH3+]. The van der Waals surface area contributed by atoms with E-state index in [1.54, 1.807) is 7.11 Å². The van der Waals surface area contributed by atoms with Gasteiger partial charge in [-0.05, 0) is 12.1 Å². The molecule has 3 N–H and O–H groups in total. The van der Waals surface area contributed by atoms with E-state index in [9.17, 15) is 0 Å². The van der Waals surface area contributed by atoms with Crippen LogP contribution in [0.4, 0.5) is 0 Å². The van der Waals surface area contributed by atoms with E-state index in [2.05, 4.69) is 5.73 Å². The Labute approximate surface area is 78.5 Å². The summed E-state index contributed by atoms with van der Waals surface area (Å²) in [6.07, 6.45) is 0.970. The van der Waals surface area contributed by atoms with Crippen LogP contribution < -0.4 is 15.2 Å². The minimum Gasteiger partial charge on any atom is -0.493 e. The van der Waals surface area contributed by atoms with E-state index in [1.807, 2.05) is 24.3 Å². The maximum absolute atomic E-state index is 5.50. The predicted octanol–water partition coefficient (Wildman–Crippen LogP) is 0.706. The quantitative estimate of drug-likeness (QED) is 0.681. The zero-order chi connectivity index (χ0) is 9.52. The van der Waals surface area contributed by atoms with Crippen LogP contribution in [-0.2, 0) is 0 Å². The largest absolute Gasteiger partial charge is 0.493 e. The van der Waals surface area contributed by atoms with Crippen molar-refractivity contribution in [3.05, 3.63) is 24.3 Å². The summed E-state index contributed by atoms with van der Waals surface area (Å²) < 4.78 is 10.6. The lowest BCUT2D eigenvalue weighted by atomic mass is 10.3. The summed E-state index contributed by atoms with van der Waals surface area (Å²) in [7, 11) is 1.64. The van der Waals surface area contributed by atoms with Crippen molar-refractivity contribution >= 4 is 0 Å². The summed E-state index contributed by atoms with van der Waals surface area (Å²) in [5, 5.41) is 0. The fraction of sp³-hybridized carbons (Fsp3) is 0.400. The van der Waals surface area contributed by atoms with Gasteiger partial charge in [-0.1, -0.05) is 12.1 Å². The van der Waals surface area contributed by atoms with Crippen molar-refractivity contribution in [3.8, 4) is 11.5 Å². The summed E-state index contributed by atoms with van der Waals surface area (Å²) in [6, 6.07) is 7.65. The minimum atomic E-state index is 0.698. The maximum Gasteiger partial charge on any atom is 0.161 e. The van der Waals surface area contributed by atoms with Gasteiger partial charge in [-0.15, -0.1) is 0 Å². The molecule has 0 aliphatic rings. The molecule has 0 saturated carbocycles. The van der Waals surface area contributed by atoms with Crippen molar-refractivity contribution in [1.82, 2.24) is 0 Å². The van der Waals surface area contributed by atoms with Gasteiger partial charge in [-0.25, -0.2) is 0 Å². The van der Waals surface area contributed by atoms with Crippen molar-refractivity contribution in [1.29, 1.82) is 0 Å². The van der Waals surface area contributed by atoms with Crippen LogP contribution in [0.15, 0.2) is 24.3 Å². The number of benzene rings is 1. The average Bonchev–Trinajstić information content (AvgIpc) is 2.19. The molecule has 0 heterocycles. The van der Waals surface area contributed by atoms with Gasteiger partial charge in [0.15, 0.2) is 11.5 Å². The van der Waals surface area contributed by atoms with Crippen LogP contribution in [0.1, 0.15) is 6.42 Å². The van der Waals surface area contributed by atoms with Crippen molar-refractivity contribution < 1.29 is 15.2 Å². The van der Waals surface area contributed by atoms with Crippen LogP contribution in [0.25, 0.3) is 0 Å². The molecule has 13 heavy (non-hydrogen) atoms. The average molecular weight is 182 g/mol.